The molecule has 0 spiro atoms. The number of ether oxygens (including phenoxy) is 4. The Labute approximate surface area is 692 Å². The molecule has 6 N–H and O–H groups in total. The monoisotopic (exact) mass is 1670 g/mol. The number of imidazole rings is 2. The summed E-state index contributed by atoms with van der Waals surface area (Å²) in [5.41, 5.74) is 14.3. The molecular formula is C82H94N18O21. The van der Waals surface area contributed by atoms with E-state index in [0.29, 0.717) is 63.4 Å². The fourth-order valence-electron chi connectivity index (χ4n) is 14.0. The average Bonchev–Trinajstić information content (AvgIpc) is 1.62. The number of nitrogen functional groups attached to an aromatic ring is 1. The molecule has 39 nitrogen and oxygen atoms in total. The van der Waals surface area contributed by atoms with E-state index in [4.69, 9.17) is 34.5 Å². The third-order valence-corrected chi connectivity index (χ3v) is 20.0. The maximum Gasteiger partial charge on any atom is 0.406 e. The molecule has 0 aliphatic heterocycles. The molecule has 0 bridgehead atoms. The lowest BCUT2D eigenvalue weighted by molar-refractivity contribution is -0.390. The number of aromatic nitrogens is 11. The van der Waals surface area contributed by atoms with Crippen molar-refractivity contribution in [3.63, 3.8) is 0 Å². The summed E-state index contributed by atoms with van der Waals surface area (Å²) < 4.78 is 33.2. The minimum absolute atomic E-state index is 0.0181. The van der Waals surface area contributed by atoms with Gasteiger partial charge in [-0.05, 0) is 202 Å². The lowest BCUT2D eigenvalue weighted by Gasteiger charge is -2.25. The van der Waals surface area contributed by atoms with Crippen LogP contribution in [0.1, 0.15) is 215 Å². The fraction of sp³-hybridized carbons (Fsp3) is 0.390. The zero-order valence-electron chi connectivity index (χ0n) is 67.9. The second-order valence-electron chi connectivity index (χ2n) is 28.5. The van der Waals surface area contributed by atoms with E-state index in [1.54, 1.807) is 89.1 Å². The van der Waals surface area contributed by atoms with E-state index in [1.807, 2.05) is 24.3 Å². The Bertz CT molecular complexity index is 5380. The molecule has 0 aromatic carbocycles. The number of aryl methyl sites for hydroxylation is 4. The molecule has 0 amide bonds. The zero-order chi connectivity index (χ0) is 87.4. The van der Waals surface area contributed by atoms with Crippen LogP contribution in [0, 0.1) is 68.2 Å². The predicted molar refractivity (Wildman–Crippen MR) is 441 cm³/mol. The van der Waals surface area contributed by atoms with Crippen LogP contribution in [0.3, 0.4) is 0 Å². The number of carboxylic acid groups (broad SMARTS) is 1. The number of aromatic carboxylic acids is 1. The van der Waals surface area contributed by atoms with Crippen molar-refractivity contribution in [1.29, 1.82) is 0 Å². The van der Waals surface area contributed by atoms with Gasteiger partial charge in [0.2, 0.25) is 5.75 Å². The van der Waals surface area contributed by atoms with E-state index >= 15 is 0 Å². The van der Waals surface area contributed by atoms with Gasteiger partial charge in [-0.2, -0.15) is 0 Å². The first kappa shape index (κ1) is 90.6. The lowest BCUT2D eigenvalue weighted by Crippen LogP contribution is -2.23. The molecular weight excluding hydrogens is 1570 g/mol. The Morgan fingerprint density at radius 1 is 0.413 bits per heavy atom. The summed E-state index contributed by atoms with van der Waals surface area (Å²) in [5, 5.41) is 66.6. The molecule has 4 aliphatic rings. The number of furan rings is 2. The normalized spacial score (nSPS) is 14.0. The standard InChI is InChI=1S/C18H19N3O3.C17H17N3O3.C13H17N3O4.C13H19N3O2.C8H8N2O4.C7H8N2O2.C6H6N2O3/c1-23-18(22)14-7-8-15-16(19-14)20-17(12-9-10-24-11-12)21(15)13-5-3-2-4-6-13;21-17(22)13-6-7-14-15(18-13)19-16(11-8-9-23-10-11)20(14)12-4-2-1-3-5-12;1-20-13(17)11-8-7-10(12(15-11)16(18)19)14-9-5-3-2-4-6-9;1-18-13(17)11-8-7-10(12(14)16-11)15-9-5-3-2-4-6-9;1-5-3-4-6(8(11)14-2)9-7(5)10(12)13;1-5-3-4-6(2)8-7(5)9(10)11;1-4-2-3-5(9)6(7-4)8(10)11/h7-11,13H,2-6H2,1H3;6-10,12H,1-5H2,(H,21,22);7-9,14H,2-6H2,1H3;7-9,15H,2-6H2,1H3,(H2,14,16);3-4H,1-2H3;3-4H,1-2H3;2-3,9H,1H3. The molecule has 4 saturated carbocycles. The van der Waals surface area contributed by atoms with Crippen LogP contribution >= 0.6 is 0 Å². The molecule has 638 valence electrons. The molecule has 11 aromatic heterocycles. The van der Waals surface area contributed by atoms with Gasteiger partial charge < -0.3 is 104 Å². The number of anilines is 3. The van der Waals surface area contributed by atoms with Crippen LogP contribution in [0.5, 0.6) is 5.75 Å². The second kappa shape index (κ2) is 43.8. The number of nitro groups is 4. The smallest absolute Gasteiger partial charge is 0.406 e. The number of nitrogens with zero attached hydrogens (tertiary/aromatic N) is 15. The third-order valence-electron chi connectivity index (χ3n) is 20.0. The Kier molecular flexibility index (Phi) is 32.8. The zero-order valence-corrected chi connectivity index (χ0v) is 67.9. The Hall–Kier alpha value is -14.3. The van der Waals surface area contributed by atoms with Crippen LogP contribution in [-0.4, -0.2) is 154 Å². The van der Waals surface area contributed by atoms with Gasteiger partial charge in [0.1, 0.15) is 47.1 Å². The number of aromatic hydroxyl groups is 1. The third kappa shape index (κ3) is 24.7. The molecule has 4 fully saturated rings. The number of pyridine rings is 7. The highest BCUT2D eigenvalue weighted by molar-refractivity contribution is 5.92. The summed E-state index contributed by atoms with van der Waals surface area (Å²) in [7, 11) is 5.08. The van der Waals surface area contributed by atoms with Gasteiger partial charge in [0.15, 0.2) is 28.4 Å². The lowest BCUT2D eigenvalue weighted by atomic mass is 9.95. The Balaban J connectivity index is 0.000000163. The van der Waals surface area contributed by atoms with Gasteiger partial charge in [0.05, 0.1) is 68.8 Å². The molecule has 4 aliphatic carbocycles. The van der Waals surface area contributed by atoms with Gasteiger partial charge in [-0.1, -0.05) is 77.0 Å². The number of nitrogens with one attached hydrogen (secondary N) is 2. The number of carbonyl (C=O) groups excluding carboxylic acids is 4. The molecule has 11 heterocycles. The van der Waals surface area contributed by atoms with Crippen molar-refractivity contribution in [2.75, 3.05) is 44.8 Å². The van der Waals surface area contributed by atoms with E-state index in [1.165, 1.54) is 129 Å². The number of esters is 4. The predicted octanol–water partition coefficient (Wildman–Crippen LogP) is 16.3. The van der Waals surface area contributed by atoms with Crippen LogP contribution in [-0.2, 0) is 18.9 Å². The highest BCUT2D eigenvalue weighted by Crippen LogP contribution is 2.39. The fourth-order valence-corrected chi connectivity index (χ4v) is 14.0. The minimum atomic E-state index is -1.04. The first-order valence-corrected chi connectivity index (χ1v) is 39.0. The summed E-state index contributed by atoms with van der Waals surface area (Å²) in [4.78, 5) is 133. The van der Waals surface area contributed by atoms with E-state index in [2.05, 4.69) is 73.9 Å². The van der Waals surface area contributed by atoms with Crippen LogP contribution in [0.4, 0.5) is 40.5 Å². The second-order valence-corrected chi connectivity index (χ2v) is 28.5. The van der Waals surface area contributed by atoms with Gasteiger partial charge >= 0.3 is 53.1 Å². The number of carbonyl (C=O) groups is 5. The molecule has 15 rings (SSSR count). The van der Waals surface area contributed by atoms with Crippen molar-refractivity contribution in [2.45, 2.75) is 180 Å². The topological polar surface area (TPSA) is 538 Å². The highest BCUT2D eigenvalue weighted by Gasteiger charge is 2.29. The number of nitrogens with two attached hydrogens (primary N) is 1. The van der Waals surface area contributed by atoms with Crippen LogP contribution in [0.2, 0.25) is 0 Å². The minimum Gasteiger partial charge on any atom is -0.501 e. The van der Waals surface area contributed by atoms with Crippen LogP contribution in [0.15, 0.2) is 131 Å². The Morgan fingerprint density at radius 3 is 1.16 bits per heavy atom. The van der Waals surface area contributed by atoms with Crippen molar-refractivity contribution in [3.05, 3.63) is 214 Å². The van der Waals surface area contributed by atoms with Gasteiger partial charge in [0, 0.05) is 49.1 Å². The van der Waals surface area contributed by atoms with Crippen LogP contribution < -0.4 is 16.4 Å². The van der Waals surface area contributed by atoms with Crippen molar-refractivity contribution in [1.82, 2.24) is 54.0 Å². The average molecular weight is 1670 g/mol. The van der Waals surface area contributed by atoms with Crippen molar-refractivity contribution < 1.29 is 81.7 Å². The van der Waals surface area contributed by atoms with Crippen molar-refractivity contribution in [2.24, 2.45) is 0 Å². The molecule has 0 radical (unpaired) electrons. The van der Waals surface area contributed by atoms with E-state index in [0.717, 1.165) is 104 Å². The quantitative estimate of drug-likeness (QED) is 0.0245. The molecule has 0 unspecified atom stereocenters. The molecule has 39 heteroatoms. The molecule has 0 atom stereocenters. The van der Waals surface area contributed by atoms with Gasteiger partial charge in [-0.25, -0.2) is 48.9 Å². The number of carboxylic acids is 1. The summed E-state index contributed by atoms with van der Waals surface area (Å²) in [6.07, 6.45) is 30.1. The maximum atomic E-state index is 11.7. The first-order chi connectivity index (χ1) is 58.1. The van der Waals surface area contributed by atoms with Crippen molar-refractivity contribution >= 4 is 92.6 Å². The summed E-state index contributed by atoms with van der Waals surface area (Å²) in [6, 6.07) is 27.6. The highest BCUT2D eigenvalue weighted by atomic mass is 16.6. The number of methoxy groups -OCH3 is 4. The summed E-state index contributed by atoms with van der Waals surface area (Å²) in [5.74, 6) is -2.93. The van der Waals surface area contributed by atoms with Gasteiger partial charge in [-0.15, -0.1) is 0 Å². The first-order valence-electron chi connectivity index (χ1n) is 39.0. The Morgan fingerprint density at radius 2 is 0.760 bits per heavy atom. The van der Waals surface area contributed by atoms with Crippen molar-refractivity contribution in [3.8, 4) is 28.5 Å². The maximum absolute atomic E-state index is 11.7. The van der Waals surface area contributed by atoms with Crippen LogP contribution in [0.25, 0.3) is 45.1 Å². The van der Waals surface area contributed by atoms with Gasteiger partial charge in [-0.3, -0.25) is 0 Å². The number of hydrogen-bond donors (Lipinski definition) is 5. The van der Waals surface area contributed by atoms with E-state index < -0.39 is 61.1 Å². The SMILES string of the molecule is COC(=O)c1ccc(C)c([N+](=O)[O-])n1.COC(=O)c1ccc(NC2CCCCC2)c(N)n1.COC(=O)c1ccc(NC2CCCCC2)c([N+](=O)[O-])n1.COC(=O)c1ccc2c(n1)nc(-c1ccoc1)n2C1CCCCC1.Cc1ccc(C)c([N+](=O)[O-])n1.Cc1ccc(O)c([N+](=O)[O-])n1.O=C(O)c1ccc2c(n1)nc(-c1ccoc1)n2C1CCCCC1. The van der Waals surface area contributed by atoms with E-state index in [-0.39, 0.29) is 52.0 Å². The van der Waals surface area contributed by atoms with Gasteiger partial charge in [0.25, 0.3) is 11.4 Å². The molecule has 11 aromatic rings. The molecule has 0 saturated heterocycles. The number of hydrogen-bond acceptors (Lipinski definition) is 32. The summed E-state index contributed by atoms with van der Waals surface area (Å²) in [6.45, 7) is 6.57. The summed E-state index contributed by atoms with van der Waals surface area (Å²) >= 11 is 0. The largest absolute Gasteiger partial charge is 0.501 e. The number of rotatable bonds is 17. The molecule has 121 heavy (non-hydrogen) atoms. The number of fused-ring (bicyclic) bond motifs is 2. The van der Waals surface area contributed by atoms with E-state index in [9.17, 15) is 64.4 Å².